The Morgan fingerprint density at radius 2 is 1.84 bits per heavy atom. The SMILES string of the molecule is CC(NC(=O)C1Nc2cc(N)c(C(=N)c3ccncc3)cc2N1)c1cccc(C2CC2)c1. The van der Waals surface area contributed by atoms with Gasteiger partial charge in [-0.15, -0.1) is 0 Å². The molecule has 7 heteroatoms. The van der Waals surface area contributed by atoms with Crippen molar-refractivity contribution in [3.63, 3.8) is 0 Å². The Hall–Kier alpha value is -3.87. The largest absolute Gasteiger partial charge is 0.398 e. The van der Waals surface area contributed by atoms with Gasteiger partial charge in [-0.05, 0) is 61.1 Å². The molecular formula is C25H26N6O. The molecule has 1 aromatic heterocycles. The van der Waals surface area contributed by atoms with Crippen LogP contribution in [-0.4, -0.2) is 22.8 Å². The van der Waals surface area contributed by atoms with Crippen molar-refractivity contribution in [1.82, 2.24) is 10.3 Å². The quantitative estimate of drug-likeness (QED) is 0.302. The lowest BCUT2D eigenvalue weighted by Gasteiger charge is -2.19. The van der Waals surface area contributed by atoms with Crippen molar-refractivity contribution in [2.24, 2.45) is 0 Å². The summed E-state index contributed by atoms with van der Waals surface area (Å²) in [7, 11) is 0. The number of carbonyl (C=O) groups excluding carboxylic acids is 1. The molecule has 2 unspecified atom stereocenters. The first kappa shape index (κ1) is 20.1. The van der Waals surface area contributed by atoms with E-state index in [1.807, 2.05) is 13.0 Å². The number of pyridine rings is 1. The fourth-order valence-corrected chi connectivity index (χ4v) is 4.10. The number of rotatable bonds is 6. The van der Waals surface area contributed by atoms with Gasteiger partial charge in [-0.3, -0.25) is 15.2 Å². The zero-order chi connectivity index (χ0) is 22.2. The first-order valence-electron chi connectivity index (χ1n) is 10.9. The molecule has 5 rings (SSSR count). The maximum absolute atomic E-state index is 12.9. The summed E-state index contributed by atoms with van der Waals surface area (Å²) in [5, 5.41) is 18.0. The van der Waals surface area contributed by atoms with Crippen molar-refractivity contribution in [1.29, 1.82) is 5.41 Å². The summed E-state index contributed by atoms with van der Waals surface area (Å²) in [6.45, 7) is 2.00. The summed E-state index contributed by atoms with van der Waals surface area (Å²) < 4.78 is 0. The van der Waals surface area contributed by atoms with Gasteiger partial charge >= 0.3 is 0 Å². The summed E-state index contributed by atoms with van der Waals surface area (Å²) >= 11 is 0. The average molecular weight is 427 g/mol. The van der Waals surface area contributed by atoms with E-state index >= 15 is 0 Å². The molecule has 1 aliphatic carbocycles. The van der Waals surface area contributed by atoms with Gasteiger partial charge in [0.25, 0.3) is 5.91 Å². The van der Waals surface area contributed by atoms with Crippen molar-refractivity contribution in [2.45, 2.75) is 37.9 Å². The number of hydrogen-bond acceptors (Lipinski definition) is 6. The van der Waals surface area contributed by atoms with Crippen LogP contribution in [0.25, 0.3) is 0 Å². The van der Waals surface area contributed by atoms with Crippen molar-refractivity contribution >= 4 is 28.7 Å². The summed E-state index contributed by atoms with van der Waals surface area (Å²) in [5.74, 6) is 0.533. The Morgan fingerprint density at radius 3 is 2.56 bits per heavy atom. The van der Waals surface area contributed by atoms with Crippen LogP contribution in [0.1, 0.15) is 54.0 Å². The van der Waals surface area contributed by atoms with Gasteiger partial charge in [0.05, 0.1) is 23.1 Å². The molecule has 3 aromatic rings. The van der Waals surface area contributed by atoms with Gasteiger partial charge < -0.3 is 21.7 Å². The topological polar surface area (TPSA) is 116 Å². The fourth-order valence-electron chi connectivity index (χ4n) is 4.10. The lowest BCUT2D eigenvalue weighted by Crippen LogP contribution is -2.42. The molecule has 0 radical (unpaired) electrons. The normalized spacial score (nSPS) is 17.6. The Bertz CT molecular complexity index is 1190. The van der Waals surface area contributed by atoms with Gasteiger partial charge in [-0.25, -0.2) is 0 Å². The maximum Gasteiger partial charge on any atom is 0.263 e. The highest BCUT2D eigenvalue weighted by molar-refractivity contribution is 6.15. The number of nitrogens with zero attached hydrogens (tertiary/aromatic N) is 1. The Balaban J connectivity index is 1.29. The predicted octanol–water partition coefficient (Wildman–Crippen LogP) is 4.00. The lowest BCUT2D eigenvalue weighted by molar-refractivity contribution is -0.121. The van der Waals surface area contributed by atoms with E-state index in [4.69, 9.17) is 11.1 Å². The summed E-state index contributed by atoms with van der Waals surface area (Å²) in [5.41, 5.74) is 12.3. The number of amides is 1. The van der Waals surface area contributed by atoms with Crippen LogP contribution in [0.15, 0.2) is 60.9 Å². The number of aromatic nitrogens is 1. The van der Waals surface area contributed by atoms with E-state index in [0.29, 0.717) is 22.9 Å². The highest BCUT2D eigenvalue weighted by atomic mass is 16.2. The molecule has 162 valence electrons. The molecule has 2 atom stereocenters. The third kappa shape index (κ3) is 3.89. The molecule has 2 aliphatic rings. The molecule has 7 nitrogen and oxygen atoms in total. The van der Waals surface area contributed by atoms with Crippen LogP contribution in [0, 0.1) is 5.41 Å². The van der Waals surface area contributed by atoms with Crippen molar-refractivity contribution in [3.05, 3.63) is 83.2 Å². The Labute approximate surface area is 187 Å². The van der Waals surface area contributed by atoms with E-state index in [0.717, 1.165) is 22.5 Å². The van der Waals surface area contributed by atoms with Gasteiger partial charge in [0.1, 0.15) is 0 Å². The van der Waals surface area contributed by atoms with Gasteiger partial charge in [-0.2, -0.15) is 0 Å². The van der Waals surface area contributed by atoms with Crippen LogP contribution in [0.3, 0.4) is 0 Å². The van der Waals surface area contributed by atoms with Crippen LogP contribution in [0.2, 0.25) is 0 Å². The minimum absolute atomic E-state index is 0.103. The molecule has 0 saturated heterocycles. The molecule has 2 heterocycles. The minimum Gasteiger partial charge on any atom is -0.398 e. The molecule has 2 aromatic carbocycles. The van der Waals surface area contributed by atoms with Gasteiger partial charge in [-0.1, -0.05) is 24.3 Å². The van der Waals surface area contributed by atoms with Crippen molar-refractivity contribution < 1.29 is 4.79 Å². The number of fused-ring (bicyclic) bond motifs is 1. The van der Waals surface area contributed by atoms with Gasteiger partial charge in [0.15, 0.2) is 6.17 Å². The summed E-state index contributed by atoms with van der Waals surface area (Å²) in [6, 6.07) is 15.5. The maximum atomic E-state index is 12.9. The molecule has 0 spiro atoms. The second kappa shape index (κ2) is 8.00. The Kier molecular flexibility index (Phi) is 5.01. The van der Waals surface area contributed by atoms with Crippen molar-refractivity contribution in [2.75, 3.05) is 16.4 Å². The molecule has 32 heavy (non-hydrogen) atoms. The number of nitrogens with one attached hydrogen (secondary N) is 4. The second-order valence-electron chi connectivity index (χ2n) is 8.49. The second-order valence-corrected chi connectivity index (χ2v) is 8.49. The first-order valence-corrected chi connectivity index (χ1v) is 10.9. The number of hydrogen-bond donors (Lipinski definition) is 5. The van der Waals surface area contributed by atoms with E-state index in [1.165, 1.54) is 18.4 Å². The highest BCUT2D eigenvalue weighted by Crippen LogP contribution is 2.40. The molecule has 1 saturated carbocycles. The molecule has 1 aliphatic heterocycles. The van der Waals surface area contributed by atoms with E-state index < -0.39 is 6.17 Å². The van der Waals surface area contributed by atoms with Crippen LogP contribution in [0.5, 0.6) is 0 Å². The number of anilines is 3. The molecule has 1 fully saturated rings. The minimum atomic E-state index is -0.608. The highest BCUT2D eigenvalue weighted by Gasteiger charge is 2.29. The molecular weight excluding hydrogens is 400 g/mol. The van der Waals surface area contributed by atoms with Crippen LogP contribution >= 0.6 is 0 Å². The fraction of sp³-hybridized carbons (Fsp3) is 0.240. The first-order chi connectivity index (χ1) is 15.5. The third-order valence-corrected chi connectivity index (χ3v) is 6.11. The van der Waals surface area contributed by atoms with Crippen molar-refractivity contribution in [3.8, 4) is 0 Å². The summed E-state index contributed by atoms with van der Waals surface area (Å²) in [6.07, 6.45) is 5.19. The van der Waals surface area contributed by atoms with E-state index in [-0.39, 0.29) is 11.9 Å². The monoisotopic (exact) mass is 426 g/mol. The third-order valence-electron chi connectivity index (χ3n) is 6.11. The lowest BCUT2D eigenvalue weighted by atomic mass is 10.0. The zero-order valence-corrected chi connectivity index (χ0v) is 17.9. The average Bonchev–Trinajstić information content (AvgIpc) is 3.58. The smallest absolute Gasteiger partial charge is 0.263 e. The van der Waals surface area contributed by atoms with Crippen LogP contribution in [0.4, 0.5) is 17.1 Å². The number of benzene rings is 2. The standard InChI is InChI=1S/C25H26N6O/c1-14(17-3-2-4-18(11-17)15-5-6-15)29-25(32)24-30-21-12-19(20(26)13-22(21)31-24)23(27)16-7-9-28-10-8-16/h2-4,7-15,24,27,30-31H,5-6,26H2,1H3,(H,29,32). The number of nitrogens with two attached hydrogens (primary N) is 1. The van der Waals surface area contributed by atoms with E-state index in [2.05, 4.69) is 45.2 Å². The van der Waals surface area contributed by atoms with E-state index in [9.17, 15) is 4.79 Å². The van der Waals surface area contributed by atoms with Gasteiger partial charge in [0.2, 0.25) is 0 Å². The van der Waals surface area contributed by atoms with Gasteiger partial charge in [0, 0.05) is 29.2 Å². The Morgan fingerprint density at radius 1 is 1.12 bits per heavy atom. The van der Waals surface area contributed by atoms with E-state index in [1.54, 1.807) is 30.6 Å². The van der Waals surface area contributed by atoms with Crippen LogP contribution < -0.4 is 21.7 Å². The predicted molar refractivity (Wildman–Crippen MR) is 127 cm³/mol. The number of carbonyl (C=O) groups is 1. The molecule has 0 bridgehead atoms. The van der Waals surface area contributed by atoms with Crippen LogP contribution in [-0.2, 0) is 4.79 Å². The number of nitrogen functional groups attached to an aromatic ring is 1. The molecule has 6 N–H and O–H groups in total. The molecule has 1 amide bonds. The summed E-state index contributed by atoms with van der Waals surface area (Å²) in [4.78, 5) is 16.9. The zero-order valence-electron chi connectivity index (χ0n) is 17.9.